The predicted molar refractivity (Wildman–Crippen MR) is 56.8 cm³/mol. The van der Waals surface area contributed by atoms with Crippen molar-refractivity contribution in [1.29, 1.82) is 0 Å². The van der Waals surface area contributed by atoms with Crippen LogP contribution in [0.4, 0.5) is 5.69 Å². The highest BCUT2D eigenvalue weighted by molar-refractivity contribution is 8.01. The minimum absolute atomic E-state index is 0.0653. The number of hydrogen-bond donors (Lipinski definition) is 1. The lowest BCUT2D eigenvalue weighted by Gasteiger charge is -2.30. The van der Waals surface area contributed by atoms with E-state index in [2.05, 4.69) is 0 Å². The molecule has 80 valence electrons. The summed E-state index contributed by atoms with van der Waals surface area (Å²) in [6, 6.07) is 0. The van der Waals surface area contributed by atoms with Crippen molar-refractivity contribution >= 4 is 23.4 Å². The number of hydrogen-bond acceptors (Lipinski definition) is 4. The van der Waals surface area contributed by atoms with E-state index in [-0.39, 0.29) is 5.76 Å². The molecule has 0 amide bonds. The van der Waals surface area contributed by atoms with Gasteiger partial charge < -0.3 is 14.4 Å². The number of anilines is 1. The third-order valence-electron chi connectivity index (χ3n) is 2.97. The molecule has 3 rings (SSSR count). The highest BCUT2D eigenvalue weighted by Crippen LogP contribution is 2.58. The SMILES string of the molecule is CN1CC2(CC2)Sc2coc(C(=O)O)c21. The van der Waals surface area contributed by atoms with Crippen molar-refractivity contribution in [3.8, 4) is 0 Å². The molecule has 0 unspecified atom stereocenters. The average Bonchev–Trinajstić information content (AvgIpc) is 2.76. The zero-order valence-electron chi connectivity index (χ0n) is 8.32. The fourth-order valence-corrected chi connectivity index (χ4v) is 3.57. The Morgan fingerprint density at radius 3 is 3.00 bits per heavy atom. The van der Waals surface area contributed by atoms with Gasteiger partial charge in [0.05, 0.1) is 4.90 Å². The van der Waals surface area contributed by atoms with Crippen LogP contribution >= 0.6 is 11.8 Å². The third kappa shape index (κ3) is 1.26. The lowest BCUT2D eigenvalue weighted by atomic mass is 10.3. The van der Waals surface area contributed by atoms with Crippen molar-refractivity contribution in [1.82, 2.24) is 0 Å². The van der Waals surface area contributed by atoms with Gasteiger partial charge in [0.15, 0.2) is 0 Å². The Labute approximate surface area is 91.2 Å². The van der Waals surface area contributed by atoms with Gasteiger partial charge in [0.2, 0.25) is 5.76 Å². The Kier molecular flexibility index (Phi) is 1.66. The standard InChI is InChI=1S/C10H11NO3S/c1-11-5-10(2-3-10)15-6-4-14-8(7(6)11)9(12)13/h4H,2-3,5H2,1H3,(H,12,13). The predicted octanol–water partition coefficient (Wildman–Crippen LogP) is 2.05. The van der Waals surface area contributed by atoms with Gasteiger partial charge in [-0.2, -0.15) is 0 Å². The van der Waals surface area contributed by atoms with Gasteiger partial charge in [-0.3, -0.25) is 0 Å². The van der Waals surface area contributed by atoms with Crippen molar-refractivity contribution < 1.29 is 14.3 Å². The van der Waals surface area contributed by atoms with Gasteiger partial charge in [0, 0.05) is 18.3 Å². The minimum Gasteiger partial charge on any atom is -0.475 e. The molecule has 1 aliphatic heterocycles. The first-order valence-electron chi connectivity index (χ1n) is 4.86. The zero-order valence-corrected chi connectivity index (χ0v) is 9.13. The van der Waals surface area contributed by atoms with Gasteiger partial charge in [-0.15, -0.1) is 11.8 Å². The van der Waals surface area contributed by atoms with Crippen LogP contribution in [0.5, 0.6) is 0 Å². The van der Waals surface area contributed by atoms with E-state index in [1.165, 1.54) is 12.8 Å². The summed E-state index contributed by atoms with van der Waals surface area (Å²) in [5, 5.41) is 8.96. The van der Waals surface area contributed by atoms with E-state index in [0.717, 1.165) is 17.1 Å². The van der Waals surface area contributed by atoms with Gasteiger partial charge in [-0.1, -0.05) is 0 Å². The molecule has 1 saturated carbocycles. The van der Waals surface area contributed by atoms with Crippen LogP contribution in [0.1, 0.15) is 23.4 Å². The average molecular weight is 225 g/mol. The Bertz CT molecular complexity index is 436. The molecule has 15 heavy (non-hydrogen) atoms. The van der Waals surface area contributed by atoms with Crippen LogP contribution in [0.3, 0.4) is 0 Å². The quantitative estimate of drug-likeness (QED) is 0.792. The van der Waals surface area contributed by atoms with Crippen LogP contribution in [0.2, 0.25) is 0 Å². The number of rotatable bonds is 1. The summed E-state index contributed by atoms with van der Waals surface area (Å²) in [6.45, 7) is 0.921. The van der Waals surface area contributed by atoms with Crippen LogP contribution in [0.15, 0.2) is 15.6 Å². The fourth-order valence-electron chi connectivity index (χ4n) is 2.10. The number of carboxylic acid groups (broad SMARTS) is 1. The second kappa shape index (κ2) is 2.72. The summed E-state index contributed by atoms with van der Waals surface area (Å²) in [7, 11) is 1.93. The summed E-state index contributed by atoms with van der Waals surface area (Å²) >= 11 is 1.77. The molecule has 0 atom stereocenters. The van der Waals surface area contributed by atoms with E-state index in [1.54, 1.807) is 18.0 Å². The Morgan fingerprint density at radius 2 is 2.40 bits per heavy atom. The van der Waals surface area contributed by atoms with E-state index in [9.17, 15) is 4.79 Å². The molecule has 5 heteroatoms. The molecule has 1 aromatic heterocycles. The van der Waals surface area contributed by atoms with E-state index < -0.39 is 5.97 Å². The number of fused-ring (bicyclic) bond motifs is 1. The largest absolute Gasteiger partial charge is 0.475 e. The number of carboxylic acids is 1. The maximum atomic E-state index is 10.9. The molecule has 1 aliphatic carbocycles. The highest BCUT2D eigenvalue weighted by Gasteiger charge is 2.49. The van der Waals surface area contributed by atoms with Crippen LogP contribution in [0, 0.1) is 0 Å². The normalized spacial score (nSPS) is 21.5. The molecule has 0 radical (unpaired) electrons. The molecule has 4 nitrogen and oxygen atoms in total. The Balaban J connectivity index is 2.06. The minimum atomic E-state index is -0.990. The van der Waals surface area contributed by atoms with E-state index in [1.807, 2.05) is 11.9 Å². The summed E-state index contributed by atoms with van der Waals surface area (Å²) < 4.78 is 5.44. The zero-order chi connectivity index (χ0) is 10.6. The molecule has 1 fully saturated rings. The molecular weight excluding hydrogens is 214 g/mol. The molecule has 1 N–H and O–H groups in total. The van der Waals surface area contributed by atoms with Gasteiger partial charge in [0.25, 0.3) is 0 Å². The molecule has 1 spiro atoms. The Morgan fingerprint density at radius 1 is 1.67 bits per heavy atom. The van der Waals surface area contributed by atoms with Gasteiger partial charge in [0.1, 0.15) is 12.0 Å². The Hall–Kier alpha value is -1.10. The maximum absolute atomic E-state index is 10.9. The van der Waals surface area contributed by atoms with Crippen molar-refractivity contribution in [3.05, 3.63) is 12.0 Å². The lowest BCUT2D eigenvalue weighted by Crippen LogP contribution is -2.32. The van der Waals surface area contributed by atoms with E-state index in [0.29, 0.717) is 4.75 Å². The molecule has 1 aromatic rings. The fraction of sp³-hybridized carbons (Fsp3) is 0.500. The van der Waals surface area contributed by atoms with Crippen molar-refractivity contribution in [2.75, 3.05) is 18.5 Å². The first kappa shape index (κ1) is 9.15. The first-order chi connectivity index (χ1) is 7.11. The van der Waals surface area contributed by atoms with Gasteiger partial charge in [-0.25, -0.2) is 4.79 Å². The third-order valence-corrected chi connectivity index (χ3v) is 4.45. The maximum Gasteiger partial charge on any atom is 0.374 e. The molecule has 0 bridgehead atoms. The van der Waals surface area contributed by atoms with E-state index >= 15 is 0 Å². The summed E-state index contributed by atoms with van der Waals surface area (Å²) in [4.78, 5) is 13.9. The molecule has 2 aliphatic rings. The van der Waals surface area contributed by atoms with Crippen molar-refractivity contribution in [2.24, 2.45) is 0 Å². The summed E-state index contributed by atoms with van der Waals surface area (Å²) in [5.74, 6) is -0.925. The monoisotopic (exact) mass is 225 g/mol. The van der Waals surface area contributed by atoms with Crippen LogP contribution in [-0.2, 0) is 0 Å². The second-order valence-electron chi connectivity index (χ2n) is 4.22. The molecular formula is C10H11NO3S. The number of nitrogens with zero attached hydrogens (tertiary/aromatic N) is 1. The second-order valence-corrected chi connectivity index (χ2v) is 5.73. The molecule has 0 aromatic carbocycles. The van der Waals surface area contributed by atoms with Crippen LogP contribution < -0.4 is 4.90 Å². The number of thioether (sulfide) groups is 1. The highest BCUT2D eigenvalue weighted by atomic mass is 32.2. The van der Waals surface area contributed by atoms with Gasteiger partial charge in [-0.05, 0) is 12.8 Å². The molecule has 2 heterocycles. The van der Waals surface area contributed by atoms with Crippen molar-refractivity contribution in [2.45, 2.75) is 22.5 Å². The number of carbonyl (C=O) groups is 1. The summed E-state index contributed by atoms with van der Waals surface area (Å²) in [5.41, 5.74) is 0.741. The molecule has 0 saturated heterocycles. The topological polar surface area (TPSA) is 53.7 Å². The van der Waals surface area contributed by atoms with Crippen molar-refractivity contribution in [3.63, 3.8) is 0 Å². The van der Waals surface area contributed by atoms with Gasteiger partial charge >= 0.3 is 5.97 Å². The number of furan rings is 1. The number of aromatic carboxylic acids is 1. The van der Waals surface area contributed by atoms with E-state index in [4.69, 9.17) is 9.52 Å². The first-order valence-corrected chi connectivity index (χ1v) is 5.68. The lowest BCUT2D eigenvalue weighted by molar-refractivity contribution is 0.0663. The smallest absolute Gasteiger partial charge is 0.374 e. The summed E-state index contributed by atoms with van der Waals surface area (Å²) in [6.07, 6.45) is 4.00. The van der Waals surface area contributed by atoms with Crippen LogP contribution in [0.25, 0.3) is 0 Å². The van der Waals surface area contributed by atoms with Crippen LogP contribution in [-0.4, -0.2) is 29.4 Å².